The van der Waals surface area contributed by atoms with Crippen molar-refractivity contribution in [1.29, 1.82) is 0 Å². The Balaban J connectivity index is 2.41. The number of sulfonamides is 1. The van der Waals surface area contributed by atoms with Gasteiger partial charge in [-0.3, -0.25) is 13.9 Å². The molecule has 0 saturated heterocycles. The van der Waals surface area contributed by atoms with E-state index < -0.39 is 28.5 Å². The van der Waals surface area contributed by atoms with Gasteiger partial charge in [0.05, 0.1) is 18.6 Å². The van der Waals surface area contributed by atoms with Gasteiger partial charge in [0.1, 0.15) is 18.3 Å². The van der Waals surface area contributed by atoms with Crippen LogP contribution in [-0.4, -0.2) is 57.1 Å². The van der Waals surface area contributed by atoms with Crippen molar-refractivity contribution in [2.24, 2.45) is 5.92 Å². The monoisotopic (exact) mass is 537 g/mol. The quantitative estimate of drug-likeness (QED) is 0.415. The highest BCUT2D eigenvalue weighted by molar-refractivity contribution is 7.92. The van der Waals surface area contributed by atoms with Gasteiger partial charge in [0.25, 0.3) is 0 Å². The number of halogens is 1. The highest BCUT2D eigenvalue weighted by Gasteiger charge is 2.32. The fourth-order valence-corrected chi connectivity index (χ4v) is 4.69. The predicted molar refractivity (Wildman–Crippen MR) is 144 cm³/mol. The maximum absolute atomic E-state index is 13.7. The lowest BCUT2D eigenvalue weighted by Gasteiger charge is -2.33. The molecule has 0 heterocycles. The molecular weight excluding hydrogens is 502 g/mol. The van der Waals surface area contributed by atoms with Gasteiger partial charge in [-0.25, -0.2) is 8.42 Å². The lowest BCUT2D eigenvalue weighted by atomic mass is 10.1. The molecule has 0 saturated carbocycles. The van der Waals surface area contributed by atoms with E-state index in [0.29, 0.717) is 41.6 Å². The van der Waals surface area contributed by atoms with Gasteiger partial charge in [0.2, 0.25) is 21.8 Å². The Morgan fingerprint density at radius 1 is 1.06 bits per heavy atom. The van der Waals surface area contributed by atoms with Gasteiger partial charge in [0.15, 0.2) is 0 Å². The fraction of sp³-hybridized carbons (Fsp3) is 0.462. The molecule has 0 radical (unpaired) electrons. The van der Waals surface area contributed by atoms with Crippen molar-refractivity contribution < 1.29 is 22.7 Å². The second-order valence-electron chi connectivity index (χ2n) is 8.87. The minimum atomic E-state index is -3.81. The number of nitrogens with one attached hydrogen (secondary N) is 1. The molecule has 2 amide bonds. The van der Waals surface area contributed by atoms with E-state index in [2.05, 4.69) is 5.32 Å². The van der Waals surface area contributed by atoms with Crippen molar-refractivity contribution in [3.8, 4) is 5.75 Å². The van der Waals surface area contributed by atoms with Gasteiger partial charge < -0.3 is 15.0 Å². The van der Waals surface area contributed by atoms with Crippen molar-refractivity contribution in [3.63, 3.8) is 0 Å². The molecule has 0 spiro atoms. The molecule has 0 aromatic heterocycles. The summed E-state index contributed by atoms with van der Waals surface area (Å²) in [7, 11) is -3.81. The average Bonchev–Trinajstić information content (AvgIpc) is 2.82. The van der Waals surface area contributed by atoms with Crippen molar-refractivity contribution in [2.75, 3.05) is 30.3 Å². The van der Waals surface area contributed by atoms with Gasteiger partial charge in [-0.1, -0.05) is 50.6 Å². The van der Waals surface area contributed by atoms with E-state index in [1.165, 1.54) is 4.90 Å². The second-order valence-corrected chi connectivity index (χ2v) is 11.2. The van der Waals surface area contributed by atoms with E-state index in [1.54, 1.807) is 48.5 Å². The third kappa shape index (κ3) is 8.41. The normalized spacial score (nSPS) is 12.2. The van der Waals surface area contributed by atoms with Crippen molar-refractivity contribution in [3.05, 3.63) is 59.1 Å². The lowest BCUT2D eigenvalue weighted by molar-refractivity contribution is -0.140. The molecule has 2 aromatic rings. The first-order chi connectivity index (χ1) is 17.0. The summed E-state index contributed by atoms with van der Waals surface area (Å²) in [5.74, 6) is 0.0214. The van der Waals surface area contributed by atoms with Crippen LogP contribution in [-0.2, 0) is 26.2 Å². The van der Waals surface area contributed by atoms with E-state index in [-0.39, 0.29) is 18.4 Å². The largest absolute Gasteiger partial charge is 0.494 e. The van der Waals surface area contributed by atoms with E-state index in [1.807, 2.05) is 27.7 Å². The minimum absolute atomic E-state index is 0.0625. The Morgan fingerprint density at radius 2 is 1.69 bits per heavy atom. The van der Waals surface area contributed by atoms with Crippen molar-refractivity contribution in [2.45, 2.75) is 46.7 Å². The van der Waals surface area contributed by atoms with Gasteiger partial charge in [-0.05, 0) is 55.2 Å². The maximum atomic E-state index is 13.7. The zero-order chi connectivity index (χ0) is 26.9. The van der Waals surface area contributed by atoms with E-state index >= 15 is 0 Å². The SMILES string of the molecule is CCOc1ccc(N(CC(=O)N(Cc2ccccc2Cl)[C@H](CC)C(=O)NCC(C)C)S(C)(=O)=O)cc1. The first-order valence-corrected chi connectivity index (χ1v) is 14.2. The third-order valence-electron chi connectivity index (χ3n) is 5.48. The van der Waals surface area contributed by atoms with Gasteiger partial charge in [0, 0.05) is 18.1 Å². The van der Waals surface area contributed by atoms with Gasteiger partial charge in [-0.2, -0.15) is 0 Å². The van der Waals surface area contributed by atoms with Crippen LogP contribution < -0.4 is 14.4 Å². The van der Waals surface area contributed by atoms with Crippen LogP contribution in [0.4, 0.5) is 5.69 Å². The highest BCUT2D eigenvalue weighted by Crippen LogP contribution is 2.24. The molecule has 0 aliphatic carbocycles. The van der Waals surface area contributed by atoms with E-state index in [9.17, 15) is 18.0 Å². The number of hydrogen-bond donors (Lipinski definition) is 1. The second kappa shape index (κ2) is 13.5. The number of hydrogen-bond acceptors (Lipinski definition) is 5. The lowest BCUT2D eigenvalue weighted by Crippen LogP contribution is -2.52. The Hall–Kier alpha value is -2.78. The first kappa shape index (κ1) is 29.5. The van der Waals surface area contributed by atoms with Crippen LogP contribution in [0.25, 0.3) is 0 Å². The van der Waals surface area contributed by atoms with Crippen LogP contribution in [0.3, 0.4) is 0 Å². The fourth-order valence-electron chi connectivity index (χ4n) is 3.64. The van der Waals surface area contributed by atoms with Crippen LogP contribution in [0, 0.1) is 5.92 Å². The highest BCUT2D eigenvalue weighted by atomic mass is 35.5. The van der Waals surface area contributed by atoms with Crippen LogP contribution >= 0.6 is 11.6 Å². The Bertz CT molecular complexity index is 1120. The van der Waals surface area contributed by atoms with Crippen LogP contribution in [0.5, 0.6) is 5.75 Å². The molecule has 0 fully saturated rings. The zero-order valence-corrected chi connectivity index (χ0v) is 23.1. The number of ether oxygens (including phenoxy) is 1. The molecule has 0 aliphatic heterocycles. The Morgan fingerprint density at radius 3 is 2.22 bits per heavy atom. The smallest absolute Gasteiger partial charge is 0.244 e. The number of anilines is 1. The van der Waals surface area contributed by atoms with Crippen LogP contribution in [0.1, 0.15) is 39.7 Å². The molecule has 36 heavy (non-hydrogen) atoms. The van der Waals surface area contributed by atoms with Crippen molar-refractivity contribution in [1.82, 2.24) is 10.2 Å². The van der Waals surface area contributed by atoms with Gasteiger partial charge >= 0.3 is 0 Å². The molecular formula is C26H36ClN3O5S. The van der Waals surface area contributed by atoms with Crippen molar-refractivity contribution >= 4 is 39.1 Å². The number of amides is 2. The maximum Gasteiger partial charge on any atom is 0.244 e. The van der Waals surface area contributed by atoms with Crippen LogP contribution in [0.15, 0.2) is 48.5 Å². The number of benzene rings is 2. The molecule has 0 unspecified atom stereocenters. The summed E-state index contributed by atoms with van der Waals surface area (Å²) < 4.78 is 31.8. The molecule has 10 heteroatoms. The summed E-state index contributed by atoms with van der Waals surface area (Å²) in [6, 6.07) is 12.7. The summed E-state index contributed by atoms with van der Waals surface area (Å²) >= 11 is 6.36. The predicted octanol–water partition coefficient (Wildman–Crippen LogP) is 4.08. The number of carbonyl (C=O) groups is 2. The Kier molecular flexibility index (Phi) is 11.0. The molecule has 2 aromatic carbocycles. The summed E-state index contributed by atoms with van der Waals surface area (Å²) in [6.07, 6.45) is 1.39. The average molecular weight is 538 g/mol. The van der Waals surface area contributed by atoms with Gasteiger partial charge in [-0.15, -0.1) is 0 Å². The number of rotatable bonds is 13. The first-order valence-electron chi connectivity index (χ1n) is 12.0. The van der Waals surface area contributed by atoms with E-state index in [4.69, 9.17) is 16.3 Å². The number of nitrogens with zero attached hydrogens (tertiary/aromatic N) is 2. The summed E-state index contributed by atoms with van der Waals surface area (Å²) in [5, 5.41) is 3.35. The standard InChI is InChI=1S/C26H36ClN3O5S/c1-6-24(26(32)28-16-19(3)4)29(17-20-10-8-9-11-23(20)27)25(31)18-30(36(5,33)34)21-12-14-22(15-13-21)35-7-2/h8-15,19,24H,6-7,16-18H2,1-5H3,(H,28,32)/t24-/m1/s1. The van der Waals surface area contributed by atoms with E-state index in [0.717, 1.165) is 10.6 Å². The zero-order valence-electron chi connectivity index (χ0n) is 21.5. The minimum Gasteiger partial charge on any atom is -0.494 e. The summed E-state index contributed by atoms with van der Waals surface area (Å²) in [5.41, 5.74) is 0.985. The third-order valence-corrected chi connectivity index (χ3v) is 6.99. The Labute approximate surface area is 219 Å². The number of carbonyl (C=O) groups excluding carboxylic acids is 2. The molecule has 0 aliphatic rings. The molecule has 0 bridgehead atoms. The summed E-state index contributed by atoms with van der Waals surface area (Å²) in [6.45, 7) is 8.16. The summed E-state index contributed by atoms with van der Waals surface area (Å²) in [4.78, 5) is 28.1. The molecule has 1 N–H and O–H groups in total. The van der Waals surface area contributed by atoms with Crippen LogP contribution in [0.2, 0.25) is 5.02 Å². The molecule has 2 rings (SSSR count). The molecule has 8 nitrogen and oxygen atoms in total. The molecule has 1 atom stereocenters. The topological polar surface area (TPSA) is 96.0 Å². The molecule has 198 valence electrons.